The second-order valence-corrected chi connectivity index (χ2v) is 8.14. The summed E-state index contributed by atoms with van der Waals surface area (Å²) in [4.78, 5) is 13.3. The zero-order valence-electron chi connectivity index (χ0n) is 16.3. The summed E-state index contributed by atoms with van der Waals surface area (Å²) in [6.45, 7) is 7.73. The fourth-order valence-electron chi connectivity index (χ4n) is 3.88. The molecule has 2 aromatic rings. The van der Waals surface area contributed by atoms with Crippen LogP contribution in [0.15, 0.2) is 42.5 Å². The normalized spacial score (nSPS) is 17.3. The molecular formula is C23H28ClNO2. The Hall–Kier alpha value is -1.84. The standard InChI is InChI=1S/C23H28ClNO2/c1-4-18(20-8-9-22(24)15(2)10-20)11-17-6-5-7-19(12-17)16(3)25-13-21(14-25)23(26)27/h5-10,12,16,18,21H,4,11,13-14H2,1-3H3,(H,26,27). The molecule has 2 unspecified atom stereocenters. The van der Waals surface area contributed by atoms with Crippen LogP contribution in [-0.4, -0.2) is 29.1 Å². The quantitative estimate of drug-likeness (QED) is 0.687. The first-order valence-corrected chi connectivity index (χ1v) is 10.1. The zero-order valence-corrected chi connectivity index (χ0v) is 17.0. The SMILES string of the molecule is CCC(Cc1cccc(C(C)N2CC(C(=O)O)C2)c1)c1ccc(Cl)c(C)c1. The monoisotopic (exact) mass is 385 g/mol. The van der Waals surface area contributed by atoms with Gasteiger partial charge in [0.25, 0.3) is 0 Å². The Kier molecular flexibility index (Phi) is 6.23. The molecular weight excluding hydrogens is 358 g/mol. The number of likely N-dealkylation sites (tertiary alicyclic amines) is 1. The average molecular weight is 386 g/mol. The molecule has 0 amide bonds. The largest absolute Gasteiger partial charge is 0.481 e. The van der Waals surface area contributed by atoms with E-state index in [1.807, 2.05) is 6.07 Å². The number of nitrogens with zero attached hydrogens (tertiary/aromatic N) is 1. The first-order valence-electron chi connectivity index (χ1n) is 9.70. The summed E-state index contributed by atoms with van der Waals surface area (Å²) in [5, 5.41) is 9.90. The Morgan fingerprint density at radius 1 is 1.22 bits per heavy atom. The van der Waals surface area contributed by atoms with Crippen molar-refractivity contribution in [2.45, 2.75) is 45.6 Å². The molecule has 3 rings (SSSR count). The fraction of sp³-hybridized carbons (Fsp3) is 0.435. The molecule has 1 fully saturated rings. The van der Waals surface area contributed by atoms with Gasteiger partial charge in [0.05, 0.1) is 5.92 Å². The van der Waals surface area contributed by atoms with Gasteiger partial charge in [0, 0.05) is 24.2 Å². The smallest absolute Gasteiger partial charge is 0.309 e. The van der Waals surface area contributed by atoms with Gasteiger partial charge in [-0.3, -0.25) is 9.69 Å². The Morgan fingerprint density at radius 3 is 2.59 bits per heavy atom. The maximum Gasteiger partial charge on any atom is 0.309 e. The summed E-state index contributed by atoms with van der Waals surface area (Å²) < 4.78 is 0. The molecule has 1 aliphatic heterocycles. The molecule has 4 heteroatoms. The summed E-state index contributed by atoms with van der Waals surface area (Å²) in [6, 6.07) is 15.3. The van der Waals surface area contributed by atoms with Gasteiger partial charge in [-0.15, -0.1) is 0 Å². The van der Waals surface area contributed by atoms with Gasteiger partial charge < -0.3 is 5.11 Å². The molecule has 144 valence electrons. The predicted octanol–water partition coefficient (Wildman–Crippen LogP) is 5.46. The number of carboxylic acids is 1. The number of aryl methyl sites for hydroxylation is 1. The van der Waals surface area contributed by atoms with Crippen molar-refractivity contribution in [3.63, 3.8) is 0 Å². The molecule has 0 radical (unpaired) electrons. The van der Waals surface area contributed by atoms with E-state index >= 15 is 0 Å². The molecule has 1 heterocycles. The molecule has 27 heavy (non-hydrogen) atoms. The lowest BCUT2D eigenvalue weighted by Gasteiger charge is -2.41. The van der Waals surface area contributed by atoms with E-state index in [-0.39, 0.29) is 12.0 Å². The lowest BCUT2D eigenvalue weighted by molar-refractivity contribution is -0.148. The van der Waals surface area contributed by atoms with Crippen LogP contribution in [0.4, 0.5) is 0 Å². The summed E-state index contributed by atoms with van der Waals surface area (Å²) in [5.74, 6) is -0.434. The predicted molar refractivity (Wildman–Crippen MR) is 110 cm³/mol. The first kappa shape index (κ1) is 19.9. The van der Waals surface area contributed by atoms with Gasteiger partial charge in [-0.2, -0.15) is 0 Å². The van der Waals surface area contributed by atoms with Crippen LogP contribution in [-0.2, 0) is 11.2 Å². The number of carbonyl (C=O) groups is 1. The Labute approximate surface area is 167 Å². The zero-order chi connectivity index (χ0) is 19.6. The number of rotatable bonds is 7. The average Bonchev–Trinajstić information content (AvgIpc) is 2.60. The number of aliphatic carboxylic acids is 1. The molecule has 0 spiro atoms. The van der Waals surface area contributed by atoms with E-state index in [1.165, 1.54) is 16.7 Å². The maximum atomic E-state index is 11.0. The highest BCUT2D eigenvalue weighted by atomic mass is 35.5. The molecule has 0 aromatic heterocycles. The second-order valence-electron chi connectivity index (χ2n) is 7.73. The molecule has 1 saturated heterocycles. The van der Waals surface area contributed by atoms with Crippen molar-refractivity contribution in [2.75, 3.05) is 13.1 Å². The third kappa shape index (κ3) is 4.53. The minimum atomic E-state index is -0.684. The van der Waals surface area contributed by atoms with Crippen LogP contribution < -0.4 is 0 Å². The molecule has 2 atom stereocenters. The third-order valence-corrected chi connectivity index (χ3v) is 6.29. The molecule has 0 saturated carbocycles. The van der Waals surface area contributed by atoms with Crippen molar-refractivity contribution >= 4 is 17.6 Å². The van der Waals surface area contributed by atoms with Crippen LogP contribution in [0.2, 0.25) is 5.02 Å². The minimum Gasteiger partial charge on any atom is -0.481 e. The summed E-state index contributed by atoms with van der Waals surface area (Å²) >= 11 is 6.18. The Bertz CT molecular complexity index is 814. The number of hydrogen-bond donors (Lipinski definition) is 1. The van der Waals surface area contributed by atoms with Gasteiger partial charge in [0.15, 0.2) is 0 Å². The van der Waals surface area contributed by atoms with Crippen molar-refractivity contribution in [2.24, 2.45) is 5.92 Å². The van der Waals surface area contributed by atoms with Crippen LogP contribution in [0.3, 0.4) is 0 Å². The second kappa shape index (κ2) is 8.45. The molecule has 0 aliphatic carbocycles. The van der Waals surface area contributed by atoms with E-state index in [4.69, 9.17) is 16.7 Å². The van der Waals surface area contributed by atoms with Gasteiger partial charge >= 0.3 is 5.97 Å². The number of hydrogen-bond acceptors (Lipinski definition) is 2. The van der Waals surface area contributed by atoms with Crippen LogP contribution in [0, 0.1) is 12.8 Å². The summed E-state index contributed by atoms with van der Waals surface area (Å²) in [6.07, 6.45) is 2.07. The lowest BCUT2D eigenvalue weighted by Crippen LogP contribution is -2.51. The first-order chi connectivity index (χ1) is 12.9. The highest BCUT2D eigenvalue weighted by molar-refractivity contribution is 6.31. The molecule has 1 N–H and O–H groups in total. The van der Waals surface area contributed by atoms with E-state index in [0.29, 0.717) is 19.0 Å². The Morgan fingerprint density at radius 2 is 1.96 bits per heavy atom. The maximum absolute atomic E-state index is 11.0. The number of carboxylic acid groups (broad SMARTS) is 1. The molecule has 3 nitrogen and oxygen atoms in total. The molecule has 2 aromatic carbocycles. The summed E-state index contributed by atoms with van der Waals surface area (Å²) in [7, 11) is 0. The van der Waals surface area contributed by atoms with E-state index in [9.17, 15) is 4.79 Å². The van der Waals surface area contributed by atoms with Crippen molar-refractivity contribution < 1.29 is 9.90 Å². The third-order valence-electron chi connectivity index (χ3n) is 5.87. The van der Waals surface area contributed by atoms with Crippen molar-refractivity contribution in [1.82, 2.24) is 4.90 Å². The fourth-order valence-corrected chi connectivity index (χ4v) is 4.00. The van der Waals surface area contributed by atoms with E-state index < -0.39 is 5.97 Å². The van der Waals surface area contributed by atoms with Gasteiger partial charge in [-0.25, -0.2) is 0 Å². The van der Waals surface area contributed by atoms with Crippen molar-refractivity contribution in [3.05, 3.63) is 69.7 Å². The van der Waals surface area contributed by atoms with Gasteiger partial charge in [0.2, 0.25) is 0 Å². The summed E-state index contributed by atoms with van der Waals surface area (Å²) in [5.41, 5.74) is 5.05. The Balaban J connectivity index is 1.71. The van der Waals surface area contributed by atoms with Crippen LogP contribution in [0.1, 0.15) is 54.5 Å². The van der Waals surface area contributed by atoms with Crippen LogP contribution in [0.25, 0.3) is 0 Å². The van der Waals surface area contributed by atoms with Gasteiger partial charge in [0.1, 0.15) is 0 Å². The number of benzene rings is 2. The highest BCUT2D eigenvalue weighted by Crippen LogP contribution is 2.31. The van der Waals surface area contributed by atoms with E-state index in [0.717, 1.165) is 23.4 Å². The van der Waals surface area contributed by atoms with Gasteiger partial charge in [-0.05, 0) is 60.9 Å². The van der Waals surface area contributed by atoms with Crippen molar-refractivity contribution in [1.29, 1.82) is 0 Å². The van der Waals surface area contributed by atoms with Crippen LogP contribution >= 0.6 is 11.6 Å². The van der Waals surface area contributed by atoms with E-state index in [1.54, 1.807) is 0 Å². The lowest BCUT2D eigenvalue weighted by atomic mass is 9.88. The topological polar surface area (TPSA) is 40.5 Å². The van der Waals surface area contributed by atoms with Gasteiger partial charge in [-0.1, -0.05) is 54.9 Å². The number of halogens is 1. The van der Waals surface area contributed by atoms with Crippen molar-refractivity contribution in [3.8, 4) is 0 Å². The van der Waals surface area contributed by atoms with Crippen LogP contribution in [0.5, 0.6) is 0 Å². The minimum absolute atomic E-state index is 0.215. The molecule has 0 bridgehead atoms. The highest BCUT2D eigenvalue weighted by Gasteiger charge is 2.35. The molecule has 1 aliphatic rings. The van der Waals surface area contributed by atoms with E-state index in [2.05, 4.69) is 62.1 Å².